The van der Waals surface area contributed by atoms with E-state index in [9.17, 15) is 18.0 Å². The van der Waals surface area contributed by atoms with E-state index in [1.165, 1.54) is 4.31 Å². The Labute approximate surface area is 181 Å². The summed E-state index contributed by atoms with van der Waals surface area (Å²) in [6.45, 7) is 1.43. The average Bonchev–Trinajstić information content (AvgIpc) is 3.23. The van der Waals surface area contributed by atoms with E-state index in [1.54, 1.807) is 12.0 Å². The molecule has 10 heteroatoms. The number of carbonyl (C=O) groups is 1. The van der Waals surface area contributed by atoms with Crippen LogP contribution in [0, 0.1) is 0 Å². The Kier molecular flexibility index (Phi) is 5.85. The lowest BCUT2D eigenvalue weighted by Gasteiger charge is -2.26. The number of H-pyrrole nitrogens is 1. The summed E-state index contributed by atoms with van der Waals surface area (Å²) in [6.07, 6.45) is 2.44. The maximum absolute atomic E-state index is 12.8. The van der Waals surface area contributed by atoms with Gasteiger partial charge in [-0.2, -0.15) is 4.31 Å². The number of rotatable bonds is 5. The van der Waals surface area contributed by atoms with Crippen molar-refractivity contribution in [1.82, 2.24) is 19.2 Å². The molecule has 0 bridgehead atoms. The van der Waals surface area contributed by atoms with Gasteiger partial charge in [0.15, 0.2) is 0 Å². The summed E-state index contributed by atoms with van der Waals surface area (Å²) < 4.78 is 30.5. The van der Waals surface area contributed by atoms with E-state index in [0.717, 1.165) is 11.8 Å². The summed E-state index contributed by atoms with van der Waals surface area (Å²) in [5.74, 6) is 1.11. The van der Waals surface area contributed by atoms with Gasteiger partial charge in [0, 0.05) is 36.7 Å². The predicted molar refractivity (Wildman–Crippen MR) is 114 cm³/mol. The number of para-hydroxylation sites is 1. The fourth-order valence-corrected chi connectivity index (χ4v) is 5.02. The van der Waals surface area contributed by atoms with Crippen molar-refractivity contribution in [2.45, 2.75) is 31.7 Å². The molecule has 2 aromatic rings. The number of likely N-dealkylation sites (tertiary alicyclic amines) is 1. The molecule has 9 nitrogen and oxygen atoms in total. The van der Waals surface area contributed by atoms with E-state index in [0.29, 0.717) is 48.8 Å². The third kappa shape index (κ3) is 4.49. The lowest BCUT2D eigenvalue weighted by molar-refractivity contribution is -0.129. The van der Waals surface area contributed by atoms with Crippen LogP contribution < -0.4 is 10.3 Å². The van der Waals surface area contributed by atoms with Gasteiger partial charge in [0.05, 0.1) is 32.0 Å². The number of hydrogen-bond donors (Lipinski definition) is 1. The molecule has 31 heavy (non-hydrogen) atoms. The van der Waals surface area contributed by atoms with Crippen LogP contribution in [-0.4, -0.2) is 66.5 Å². The lowest BCUT2D eigenvalue weighted by Crippen LogP contribution is -2.39. The molecule has 0 radical (unpaired) electrons. The summed E-state index contributed by atoms with van der Waals surface area (Å²) in [5, 5.41) is 0. The van der Waals surface area contributed by atoms with Crippen LogP contribution in [-0.2, 0) is 34.2 Å². The molecule has 1 fully saturated rings. The molecule has 1 amide bonds. The fraction of sp³-hybridized carbons (Fsp3) is 0.476. The molecule has 166 valence electrons. The van der Waals surface area contributed by atoms with Gasteiger partial charge in [-0.25, -0.2) is 13.4 Å². The van der Waals surface area contributed by atoms with Crippen LogP contribution in [0.25, 0.3) is 0 Å². The number of hydrogen-bond acceptors (Lipinski definition) is 6. The number of nitrogens with one attached hydrogen (secondary N) is 1. The maximum Gasteiger partial charge on any atom is 0.254 e. The van der Waals surface area contributed by atoms with Crippen molar-refractivity contribution in [3.05, 3.63) is 57.3 Å². The number of methoxy groups -OCH3 is 1. The highest BCUT2D eigenvalue weighted by molar-refractivity contribution is 7.88. The molecule has 2 aliphatic heterocycles. The second-order valence-electron chi connectivity index (χ2n) is 8.04. The smallest absolute Gasteiger partial charge is 0.254 e. The van der Waals surface area contributed by atoms with E-state index >= 15 is 0 Å². The monoisotopic (exact) mass is 446 g/mol. The Bertz CT molecular complexity index is 1160. The first-order valence-electron chi connectivity index (χ1n) is 10.2. The molecule has 1 aromatic heterocycles. The normalized spacial score (nSPS) is 19.3. The third-order valence-electron chi connectivity index (χ3n) is 5.99. The van der Waals surface area contributed by atoms with E-state index < -0.39 is 10.0 Å². The van der Waals surface area contributed by atoms with Crippen molar-refractivity contribution in [1.29, 1.82) is 0 Å². The molecule has 0 unspecified atom stereocenters. The minimum Gasteiger partial charge on any atom is -0.496 e. The summed E-state index contributed by atoms with van der Waals surface area (Å²) >= 11 is 0. The number of benzene rings is 1. The van der Waals surface area contributed by atoms with Crippen LogP contribution in [0.15, 0.2) is 29.1 Å². The van der Waals surface area contributed by atoms with Crippen molar-refractivity contribution >= 4 is 15.9 Å². The van der Waals surface area contributed by atoms with Crippen molar-refractivity contribution in [3.8, 4) is 5.75 Å². The van der Waals surface area contributed by atoms with Crippen LogP contribution in [0.3, 0.4) is 0 Å². The molecule has 1 N–H and O–H groups in total. The van der Waals surface area contributed by atoms with Crippen LogP contribution in [0.2, 0.25) is 0 Å². The Balaban J connectivity index is 1.49. The quantitative estimate of drug-likeness (QED) is 0.722. The van der Waals surface area contributed by atoms with Crippen molar-refractivity contribution < 1.29 is 17.9 Å². The van der Waals surface area contributed by atoms with Gasteiger partial charge in [0.2, 0.25) is 15.9 Å². The molecular formula is C21H26N4O5S. The first kappa shape index (κ1) is 21.5. The van der Waals surface area contributed by atoms with Crippen LogP contribution in [0.4, 0.5) is 0 Å². The highest BCUT2D eigenvalue weighted by atomic mass is 32.2. The van der Waals surface area contributed by atoms with Gasteiger partial charge in [0.1, 0.15) is 11.6 Å². The van der Waals surface area contributed by atoms with Crippen molar-refractivity contribution in [2.75, 3.05) is 33.0 Å². The molecule has 4 rings (SSSR count). The Morgan fingerprint density at radius 2 is 2.06 bits per heavy atom. The van der Waals surface area contributed by atoms with E-state index in [-0.39, 0.29) is 36.9 Å². The summed E-state index contributed by atoms with van der Waals surface area (Å²) in [6, 6.07) is 7.44. The van der Waals surface area contributed by atoms with Gasteiger partial charge in [-0.3, -0.25) is 9.59 Å². The number of nitrogens with zero attached hydrogens (tertiary/aromatic N) is 3. The van der Waals surface area contributed by atoms with Gasteiger partial charge >= 0.3 is 0 Å². The Hall–Kier alpha value is -2.72. The predicted octanol–water partition coefficient (Wildman–Crippen LogP) is 0.655. The van der Waals surface area contributed by atoms with Crippen LogP contribution in [0.1, 0.15) is 35.0 Å². The number of fused-ring (bicyclic) bond motifs is 1. The number of amides is 1. The first-order valence-corrected chi connectivity index (χ1v) is 12.1. The average molecular weight is 447 g/mol. The standard InChI is InChI=1S/C21H26N4O5S/c1-30-18-6-4-3-5-14(18)11-19(26)24-9-7-15(12-24)20-22-17-13-25(31(2,28)29)10-8-16(17)21(27)23-20/h3-6,15H,7-13H2,1-2H3,(H,22,23,27)/t15-/m0/s1. The number of carbonyl (C=O) groups excluding carboxylic acids is 1. The zero-order valence-electron chi connectivity index (χ0n) is 17.6. The fourth-order valence-electron chi connectivity index (χ4n) is 4.24. The Morgan fingerprint density at radius 1 is 1.29 bits per heavy atom. The van der Waals surface area contributed by atoms with Gasteiger partial charge in [0.25, 0.3) is 5.56 Å². The molecule has 2 aliphatic rings. The lowest BCUT2D eigenvalue weighted by atomic mass is 10.1. The van der Waals surface area contributed by atoms with E-state index in [2.05, 4.69) is 9.97 Å². The number of sulfonamides is 1. The summed E-state index contributed by atoms with van der Waals surface area (Å²) in [5.41, 5.74) is 1.67. The van der Waals surface area contributed by atoms with Crippen molar-refractivity contribution in [2.24, 2.45) is 0 Å². The molecular weight excluding hydrogens is 420 g/mol. The molecule has 0 aliphatic carbocycles. The summed E-state index contributed by atoms with van der Waals surface area (Å²) in [4.78, 5) is 34.6. The van der Waals surface area contributed by atoms with Crippen LogP contribution >= 0.6 is 0 Å². The van der Waals surface area contributed by atoms with Gasteiger partial charge in [-0.1, -0.05) is 18.2 Å². The number of aromatic amines is 1. The topological polar surface area (TPSA) is 113 Å². The van der Waals surface area contributed by atoms with Crippen LogP contribution in [0.5, 0.6) is 5.75 Å². The van der Waals surface area contributed by atoms with E-state index in [4.69, 9.17) is 4.74 Å². The largest absolute Gasteiger partial charge is 0.496 e. The maximum atomic E-state index is 12.8. The molecule has 1 aromatic carbocycles. The van der Waals surface area contributed by atoms with Gasteiger partial charge in [-0.05, 0) is 18.9 Å². The minimum atomic E-state index is -3.35. The number of aromatic nitrogens is 2. The second kappa shape index (κ2) is 8.43. The summed E-state index contributed by atoms with van der Waals surface area (Å²) in [7, 11) is -1.77. The van der Waals surface area contributed by atoms with Gasteiger partial charge < -0.3 is 14.6 Å². The Morgan fingerprint density at radius 3 is 2.81 bits per heavy atom. The molecule has 3 heterocycles. The van der Waals surface area contributed by atoms with E-state index in [1.807, 2.05) is 24.3 Å². The first-order chi connectivity index (χ1) is 14.8. The third-order valence-corrected chi connectivity index (χ3v) is 7.24. The molecule has 0 spiro atoms. The second-order valence-corrected chi connectivity index (χ2v) is 10.0. The highest BCUT2D eigenvalue weighted by Gasteiger charge is 2.32. The number of ether oxygens (including phenoxy) is 1. The highest BCUT2D eigenvalue weighted by Crippen LogP contribution is 2.27. The molecule has 1 saturated heterocycles. The zero-order chi connectivity index (χ0) is 22.2. The zero-order valence-corrected chi connectivity index (χ0v) is 18.4. The SMILES string of the molecule is COc1ccccc1CC(=O)N1CC[C@H](c2nc3c(c(=O)[nH]2)CCN(S(C)(=O)=O)C3)C1. The van der Waals surface area contributed by atoms with Gasteiger partial charge in [-0.15, -0.1) is 0 Å². The molecule has 1 atom stereocenters. The minimum absolute atomic E-state index is 0.00411. The molecule has 0 saturated carbocycles. The van der Waals surface area contributed by atoms with Crippen molar-refractivity contribution in [3.63, 3.8) is 0 Å².